The summed E-state index contributed by atoms with van der Waals surface area (Å²) in [5.74, 6) is 0.0517. The van der Waals surface area contributed by atoms with Crippen LogP contribution in [0.2, 0.25) is 0 Å². The summed E-state index contributed by atoms with van der Waals surface area (Å²) in [6.45, 7) is 3.65. The molecule has 0 fully saturated rings. The molecular weight excluding hydrogens is 192 g/mol. The second-order valence-corrected chi connectivity index (χ2v) is 3.06. The average molecular weight is 206 g/mol. The number of para-hydroxylation sites is 1. The maximum Gasteiger partial charge on any atom is 0.381 e. The van der Waals surface area contributed by atoms with Crippen molar-refractivity contribution >= 4 is 5.97 Å². The first-order valence-electron chi connectivity index (χ1n) is 4.84. The van der Waals surface area contributed by atoms with Crippen molar-refractivity contribution in [2.24, 2.45) is 0 Å². The molecule has 3 heteroatoms. The third-order valence-corrected chi connectivity index (χ3v) is 1.79. The van der Waals surface area contributed by atoms with Gasteiger partial charge >= 0.3 is 5.97 Å². The van der Waals surface area contributed by atoms with Crippen LogP contribution in [0, 0.1) is 0 Å². The van der Waals surface area contributed by atoms with Crippen molar-refractivity contribution in [2.45, 2.75) is 20.3 Å². The van der Waals surface area contributed by atoms with E-state index in [1.807, 2.05) is 13.0 Å². The number of carbonyl (C=O) groups is 1. The number of benzene rings is 1. The van der Waals surface area contributed by atoms with Gasteiger partial charge in [0.15, 0.2) is 5.75 Å². The van der Waals surface area contributed by atoms with Gasteiger partial charge in [-0.1, -0.05) is 31.2 Å². The zero-order valence-electron chi connectivity index (χ0n) is 8.90. The van der Waals surface area contributed by atoms with Crippen LogP contribution in [0.25, 0.3) is 0 Å². The van der Waals surface area contributed by atoms with Gasteiger partial charge in [-0.15, -0.1) is 0 Å². The topological polar surface area (TPSA) is 35.5 Å². The number of rotatable bonds is 4. The molecule has 1 aromatic rings. The molecule has 0 radical (unpaired) electrons. The highest BCUT2D eigenvalue weighted by molar-refractivity contribution is 5.87. The van der Waals surface area contributed by atoms with Crippen LogP contribution in [-0.4, -0.2) is 5.97 Å². The zero-order valence-corrected chi connectivity index (χ0v) is 8.90. The Balaban J connectivity index is 2.45. The van der Waals surface area contributed by atoms with Crippen LogP contribution in [0.1, 0.15) is 20.3 Å². The Morgan fingerprint density at radius 1 is 1.33 bits per heavy atom. The lowest BCUT2D eigenvalue weighted by molar-refractivity contribution is -0.208. The van der Waals surface area contributed by atoms with Crippen molar-refractivity contribution in [1.29, 1.82) is 0 Å². The second kappa shape index (κ2) is 5.86. The number of allylic oxidation sites excluding steroid dienone is 1. The summed E-state index contributed by atoms with van der Waals surface area (Å²) in [4.78, 5) is 20.8. The van der Waals surface area contributed by atoms with Crippen molar-refractivity contribution in [1.82, 2.24) is 0 Å². The Morgan fingerprint density at radius 2 is 2.00 bits per heavy atom. The van der Waals surface area contributed by atoms with Gasteiger partial charge in [0.05, 0.1) is 0 Å². The SMILES string of the molecule is CC/C=C(\C)C(=O)OOc1ccccc1. The molecule has 1 rings (SSSR count). The van der Waals surface area contributed by atoms with Crippen LogP contribution >= 0.6 is 0 Å². The maximum absolute atomic E-state index is 11.3. The highest BCUT2D eigenvalue weighted by atomic mass is 17.2. The van der Waals surface area contributed by atoms with E-state index in [9.17, 15) is 4.79 Å². The summed E-state index contributed by atoms with van der Waals surface area (Å²) in [5.41, 5.74) is 0.549. The minimum atomic E-state index is -0.458. The molecule has 0 saturated heterocycles. The molecule has 0 aromatic heterocycles. The Kier molecular flexibility index (Phi) is 4.41. The van der Waals surface area contributed by atoms with Crippen LogP contribution in [-0.2, 0) is 9.68 Å². The summed E-state index contributed by atoms with van der Waals surface area (Å²) in [6.07, 6.45) is 2.59. The van der Waals surface area contributed by atoms with Gasteiger partial charge in [0.25, 0.3) is 0 Å². The molecule has 0 aliphatic rings. The van der Waals surface area contributed by atoms with Gasteiger partial charge in [0.1, 0.15) is 0 Å². The van der Waals surface area contributed by atoms with Gasteiger partial charge in [-0.05, 0) is 25.5 Å². The van der Waals surface area contributed by atoms with Gasteiger partial charge < -0.3 is 0 Å². The quantitative estimate of drug-likeness (QED) is 0.431. The smallest absolute Gasteiger partial charge is 0.287 e. The van der Waals surface area contributed by atoms with Crippen LogP contribution in [0.3, 0.4) is 0 Å². The van der Waals surface area contributed by atoms with E-state index < -0.39 is 5.97 Å². The third-order valence-electron chi connectivity index (χ3n) is 1.79. The summed E-state index contributed by atoms with van der Waals surface area (Å²) in [5, 5.41) is 0. The maximum atomic E-state index is 11.3. The Bertz CT molecular complexity index is 341. The summed E-state index contributed by atoms with van der Waals surface area (Å²) >= 11 is 0. The molecular formula is C12H14O3. The van der Waals surface area contributed by atoms with E-state index in [2.05, 4.69) is 4.89 Å². The molecule has 0 amide bonds. The Labute approximate surface area is 89.2 Å². The van der Waals surface area contributed by atoms with Crippen molar-refractivity contribution in [3.63, 3.8) is 0 Å². The molecule has 0 saturated carbocycles. The lowest BCUT2D eigenvalue weighted by Crippen LogP contribution is -2.08. The average Bonchev–Trinajstić information content (AvgIpc) is 2.27. The van der Waals surface area contributed by atoms with E-state index in [4.69, 9.17) is 4.89 Å². The molecule has 15 heavy (non-hydrogen) atoms. The molecule has 0 spiro atoms. The number of carbonyl (C=O) groups excluding carboxylic acids is 1. The van der Waals surface area contributed by atoms with Crippen molar-refractivity contribution in [3.05, 3.63) is 42.0 Å². The van der Waals surface area contributed by atoms with E-state index in [0.717, 1.165) is 6.42 Å². The standard InChI is InChI=1S/C12H14O3/c1-3-7-10(2)12(13)15-14-11-8-5-4-6-9-11/h4-9H,3H2,1-2H3/b10-7+. The van der Waals surface area contributed by atoms with Crippen LogP contribution in [0.15, 0.2) is 42.0 Å². The van der Waals surface area contributed by atoms with Crippen molar-refractivity contribution in [2.75, 3.05) is 0 Å². The highest BCUT2D eigenvalue weighted by Crippen LogP contribution is 2.09. The van der Waals surface area contributed by atoms with E-state index in [-0.39, 0.29) is 0 Å². The lowest BCUT2D eigenvalue weighted by Gasteiger charge is -2.03. The van der Waals surface area contributed by atoms with Gasteiger partial charge in [-0.25, -0.2) is 9.68 Å². The molecule has 0 unspecified atom stereocenters. The molecule has 0 heterocycles. The van der Waals surface area contributed by atoms with Crippen molar-refractivity contribution in [3.8, 4) is 5.75 Å². The van der Waals surface area contributed by atoms with Gasteiger partial charge in [0.2, 0.25) is 0 Å². The summed E-state index contributed by atoms with van der Waals surface area (Å²) in [6, 6.07) is 8.89. The Hall–Kier alpha value is -1.77. The second-order valence-electron chi connectivity index (χ2n) is 3.06. The third kappa shape index (κ3) is 3.85. The Morgan fingerprint density at radius 3 is 2.60 bits per heavy atom. The fraction of sp³-hybridized carbons (Fsp3) is 0.250. The van der Waals surface area contributed by atoms with Gasteiger partial charge in [-0.2, -0.15) is 0 Å². The van der Waals surface area contributed by atoms with Gasteiger partial charge in [0, 0.05) is 5.57 Å². The predicted molar refractivity (Wildman–Crippen MR) is 57.2 cm³/mol. The minimum Gasteiger partial charge on any atom is -0.287 e. The van der Waals surface area contributed by atoms with E-state index in [1.54, 1.807) is 37.3 Å². The van der Waals surface area contributed by atoms with Crippen molar-refractivity contribution < 1.29 is 14.6 Å². The van der Waals surface area contributed by atoms with E-state index in [1.165, 1.54) is 0 Å². The first-order chi connectivity index (χ1) is 7.24. The minimum absolute atomic E-state index is 0.458. The molecule has 3 nitrogen and oxygen atoms in total. The zero-order chi connectivity index (χ0) is 11.1. The fourth-order valence-electron chi connectivity index (χ4n) is 1.02. The first-order valence-corrected chi connectivity index (χ1v) is 4.84. The van der Waals surface area contributed by atoms with E-state index in [0.29, 0.717) is 11.3 Å². The predicted octanol–water partition coefficient (Wildman–Crippen LogP) is 2.88. The first kappa shape index (κ1) is 11.3. The monoisotopic (exact) mass is 206 g/mol. The summed E-state index contributed by atoms with van der Waals surface area (Å²) < 4.78 is 0. The van der Waals surface area contributed by atoms with Crippen LogP contribution < -0.4 is 4.89 Å². The molecule has 1 aromatic carbocycles. The largest absolute Gasteiger partial charge is 0.381 e. The highest BCUT2D eigenvalue weighted by Gasteiger charge is 2.06. The molecule has 0 atom stereocenters. The molecule has 0 bridgehead atoms. The lowest BCUT2D eigenvalue weighted by atomic mass is 10.2. The number of hydrogen-bond donors (Lipinski definition) is 0. The molecule has 80 valence electrons. The van der Waals surface area contributed by atoms with E-state index >= 15 is 0 Å². The van der Waals surface area contributed by atoms with Crippen LogP contribution in [0.5, 0.6) is 5.75 Å². The molecule has 0 aliphatic heterocycles. The van der Waals surface area contributed by atoms with Gasteiger partial charge in [-0.3, -0.25) is 4.89 Å². The fourth-order valence-corrected chi connectivity index (χ4v) is 1.02. The summed E-state index contributed by atoms with van der Waals surface area (Å²) in [7, 11) is 0. The normalized spacial score (nSPS) is 10.9. The molecule has 0 N–H and O–H groups in total. The molecule has 0 aliphatic carbocycles. The number of hydrogen-bond acceptors (Lipinski definition) is 3. The van der Waals surface area contributed by atoms with Crippen LogP contribution in [0.4, 0.5) is 0 Å².